The second-order valence-corrected chi connectivity index (χ2v) is 11.2. The highest BCUT2D eigenvalue weighted by molar-refractivity contribution is 8.93. The van der Waals surface area contributed by atoms with Gasteiger partial charge in [-0.1, -0.05) is 121 Å². The number of rotatable bonds is 4. The quantitative estimate of drug-likeness (QED) is 0.219. The summed E-state index contributed by atoms with van der Waals surface area (Å²) in [6.07, 6.45) is 6.54. The van der Waals surface area contributed by atoms with Gasteiger partial charge in [0.1, 0.15) is 0 Å². The summed E-state index contributed by atoms with van der Waals surface area (Å²) in [5, 5.41) is 0. The fourth-order valence-corrected chi connectivity index (χ4v) is 9.22. The topological polar surface area (TPSA) is 0 Å². The number of halogens is 2. The van der Waals surface area contributed by atoms with Gasteiger partial charge in [0.25, 0.3) is 0 Å². The molecule has 0 saturated heterocycles. The Hall–Kier alpha value is -2.16. The molecule has 0 aromatic heterocycles. The van der Waals surface area contributed by atoms with Crippen molar-refractivity contribution in [2.75, 3.05) is 0 Å². The van der Waals surface area contributed by atoms with E-state index >= 15 is 0 Å². The molecule has 4 fully saturated rings. The zero-order valence-corrected chi connectivity index (χ0v) is 24.0. The highest BCUT2D eigenvalue weighted by Crippen LogP contribution is 2.76. The summed E-state index contributed by atoms with van der Waals surface area (Å²) in [6.45, 7) is 0. The first-order valence-electron chi connectivity index (χ1n) is 13.0. The Morgan fingerprint density at radius 3 is 0.972 bits per heavy atom. The van der Waals surface area contributed by atoms with E-state index in [1.807, 2.05) is 0 Å². The SMILES string of the molecule is Br.Br.c1ccc(C23CC4CC(C2)CC(c2ccccc2)(C4)C3(c2ccccc2)c2ccccc2)cc1. The van der Waals surface area contributed by atoms with Gasteiger partial charge in [-0.2, -0.15) is 0 Å². The van der Waals surface area contributed by atoms with Gasteiger partial charge in [0.2, 0.25) is 0 Å². The van der Waals surface area contributed by atoms with E-state index in [9.17, 15) is 0 Å². The molecule has 0 radical (unpaired) electrons. The number of hydrogen-bond donors (Lipinski definition) is 0. The van der Waals surface area contributed by atoms with Crippen molar-refractivity contribution >= 4 is 34.0 Å². The molecule has 0 N–H and O–H groups in total. The molecule has 4 aliphatic carbocycles. The summed E-state index contributed by atoms with van der Waals surface area (Å²) in [7, 11) is 0. The van der Waals surface area contributed by atoms with Crippen LogP contribution in [0.3, 0.4) is 0 Å². The van der Waals surface area contributed by atoms with E-state index in [0.29, 0.717) is 0 Å². The van der Waals surface area contributed by atoms with E-state index in [0.717, 1.165) is 11.8 Å². The van der Waals surface area contributed by atoms with Gasteiger partial charge in [0.05, 0.1) is 0 Å². The number of hydrogen-bond acceptors (Lipinski definition) is 0. The molecule has 0 atom stereocenters. The van der Waals surface area contributed by atoms with Crippen LogP contribution in [0.25, 0.3) is 0 Å². The Morgan fingerprint density at radius 2 is 0.667 bits per heavy atom. The van der Waals surface area contributed by atoms with Crippen LogP contribution < -0.4 is 0 Å². The lowest BCUT2D eigenvalue weighted by Crippen LogP contribution is -2.72. The first-order valence-corrected chi connectivity index (χ1v) is 13.0. The van der Waals surface area contributed by atoms with E-state index in [-0.39, 0.29) is 50.2 Å². The first kappa shape index (κ1) is 25.5. The van der Waals surface area contributed by atoms with Crippen LogP contribution in [0.15, 0.2) is 121 Å². The van der Waals surface area contributed by atoms with Gasteiger partial charge < -0.3 is 0 Å². The lowest BCUT2D eigenvalue weighted by Gasteiger charge is -2.74. The maximum atomic E-state index is 2.44. The maximum Gasteiger partial charge on any atom is 0.0396 e. The van der Waals surface area contributed by atoms with E-state index in [4.69, 9.17) is 0 Å². The van der Waals surface area contributed by atoms with Crippen LogP contribution in [0.4, 0.5) is 0 Å². The molecular formula is C34H34Br2. The van der Waals surface area contributed by atoms with Crippen molar-refractivity contribution in [3.63, 3.8) is 0 Å². The fraction of sp³-hybridized carbons (Fsp3) is 0.294. The van der Waals surface area contributed by atoms with Gasteiger partial charge >= 0.3 is 0 Å². The lowest BCUT2D eigenvalue weighted by molar-refractivity contribution is -0.0904. The van der Waals surface area contributed by atoms with Gasteiger partial charge in [0, 0.05) is 16.2 Å². The summed E-state index contributed by atoms with van der Waals surface area (Å²) in [5.41, 5.74) is 6.11. The second kappa shape index (κ2) is 9.62. The van der Waals surface area contributed by atoms with Crippen LogP contribution in [0.2, 0.25) is 0 Å². The van der Waals surface area contributed by atoms with Crippen LogP contribution in [-0.4, -0.2) is 0 Å². The molecule has 36 heavy (non-hydrogen) atoms. The average molecular weight is 602 g/mol. The van der Waals surface area contributed by atoms with E-state index in [1.165, 1.54) is 54.4 Å². The van der Waals surface area contributed by atoms with Crippen molar-refractivity contribution in [3.8, 4) is 0 Å². The van der Waals surface area contributed by atoms with Crippen molar-refractivity contribution in [3.05, 3.63) is 144 Å². The Balaban J connectivity index is 0.00000133. The predicted molar refractivity (Wildman–Crippen MR) is 161 cm³/mol. The maximum absolute atomic E-state index is 2.44. The zero-order chi connectivity index (χ0) is 22.6. The fourth-order valence-electron chi connectivity index (χ4n) is 9.22. The minimum Gasteiger partial charge on any atom is -0.114 e. The minimum atomic E-state index is -0.112. The van der Waals surface area contributed by atoms with Crippen LogP contribution in [0, 0.1) is 11.8 Å². The van der Waals surface area contributed by atoms with Gasteiger partial charge in [0.15, 0.2) is 0 Å². The van der Waals surface area contributed by atoms with Crippen molar-refractivity contribution in [2.24, 2.45) is 11.8 Å². The van der Waals surface area contributed by atoms with Gasteiger partial charge in [-0.3, -0.25) is 0 Å². The molecule has 4 aromatic carbocycles. The zero-order valence-electron chi connectivity index (χ0n) is 20.6. The highest BCUT2D eigenvalue weighted by Gasteiger charge is 2.73. The van der Waals surface area contributed by atoms with E-state index in [2.05, 4.69) is 121 Å². The molecule has 4 bridgehead atoms. The Kier molecular flexibility index (Phi) is 6.81. The normalized spacial score (nSPS) is 29.1. The lowest BCUT2D eigenvalue weighted by atomic mass is 9.29. The van der Waals surface area contributed by atoms with Gasteiger partial charge in [-0.25, -0.2) is 0 Å². The molecular weight excluding hydrogens is 568 g/mol. The Morgan fingerprint density at radius 1 is 0.389 bits per heavy atom. The molecule has 4 aliphatic rings. The molecule has 8 rings (SSSR count). The standard InChI is InChI=1S/C34H32.2BrH/c1-5-13-28(14-6-1)32-22-26-21-27(23-32)25-33(24-26,29-15-7-2-8-16-29)34(32,30-17-9-3-10-18-30)31-19-11-4-12-20-31;;/h1-20,26-27H,21-25H2;2*1H. The Bertz CT molecular complexity index is 1170. The highest BCUT2D eigenvalue weighted by atomic mass is 79.9. The third kappa shape index (κ3) is 3.30. The second-order valence-electron chi connectivity index (χ2n) is 11.2. The molecule has 184 valence electrons. The third-order valence-corrected chi connectivity index (χ3v) is 9.72. The van der Waals surface area contributed by atoms with Crippen LogP contribution >= 0.6 is 34.0 Å². The molecule has 0 amide bonds. The van der Waals surface area contributed by atoms with E-state index in [1.54, 1.807) is 0 Å². The van der Waals surface area contributed by atoms with Crippen LogP contribution in [0.1, 0.15) is 54.4 Å². The van der Waals surface area contributed by atoms with Gasteiger partial charge in [-0.15, -0.1) is 34.0 Å². The molecule has 4 saturated carbocycles. The summed E-state index contributed by atoms with van der Waals surface area (Å²) >= 11 is 0. The van der Waals surface area contributed by atoms with Crippen LogP contribution in [-0.2, 0) is 16.2 Å². The van der Waals surface area contributed by atoms with Crippen molar-refractivity contribution in [1.29, 1.82) is 0 Å². The molecule has 0 spiro atoms. The monoisotopic (exact) mass is 600 g/mol. The summed E-state index contributed by atoms with van der Waals surface area (Å²) in [4.78, 5) is 0. The summed E-state index contributed by atoms with van der Waals surface area (Å²) in [6, 6.07) is 46.4. The predicted octanol–water partition coefficient (Wildman–Crippen LogP) is 9.23. The molecule has 0 heterocycles. The van der Waals surface area contributed by atoms with Crippen molar-refractivity contribution in [2.45, 2.75) is 48.3 Å². The van der Waals surface area contributed by atoms with Gasteiger partial charge in [-0.05, 0) is 66.2 Å². The van der Waals surface area contributed by atoms with E-state index < -0.39 is 0 Å². The first-order chi connectivity index (χ1) is 16.8. The average Bonchev–Trinajstić information content (AvgIpc) is 2.90. The summed E-state index contributed by atoms with van der Waals surface area (Å²) in [5.74, 6) is 1.57. The molecule has 0 nitrogen and oxygen atoms in total. The largest absolute Gasteiger partial charge is 0.114 e. The summed E-state index contributed by atoms with van der Waals surface area (Å²) < 4.78 is 0. The molecule has 0 unspecified atom stereocenters. The van der Waals surface area contributed by atoms with Crippen molar-refractivity contribution in [1.82, 2.24) is 0 Å². The Labute approximate surface area is 236 Å². The van der Waals surface area contributed by atoms with Crippen molar-refractivity contribution < 1.29 is 0 Å². The molecule has 4 aromatic rings. The number of benzene rings is 4. The van der Waals surface area contributed by atoms with Crippen LogP contribution in [0.5, 0.6) is 0 Å². The third-order valence-electron chi connectivity index (χ3n) is 9.72. The molecule has 2 heteroatoms. The smallest absolute Gasteiger partial charge is 0.0396 e. The minimum absolute atomic E-state index is 0. The molecule has 0 aliphatic heterocycles.